The second-order valence-corrected chi connectivity index (χ2v) is 5.30. The van der Waals surface area contributed by atoms with Gasteiger partial charge in [0, 0.05) is 31.0 Å². The summed E-state index contributed by atoms with van der Waals surface area (Å²) in [6.07, 6.45) is 4.58. The molecule has 0 radical (unpaired) electrons. The Kier molecular flexibility index (Phi) is 5.60. The van der Waals surface area contributed by atoms with Crippen LogP contribution in [0.5, 0.6) is 0 Å². The zero-order chi connectivity index (χ0) is 15.1. The van der Waals surface area contributed by atoms with Crippen LogP contribution in [-0.2, 0) is 9.59 Å². The molecule has 1 saturated heterocycles. The van der Waals surface area contributed by atoms with Crippen LogP contribution in [0.25, 0.3) is 0 Å². The number of nitrogens with one attached hydrogen (secondary N) is 2. The smallest absolute Gasteiger partial charge is 0.313 e. The number of hydrogen-bond donors (Lipinski definition) is 2. The summed E-state index contributed by atoms with van der Waals surface area (Å²) in [5.74, 6) is -1.20. The summed E-state index contributed by atoms with van der Waals surface area (Å²) in [4.78, 5) is 25.5. The Morgan fingerprint density at radius 1 is 1.05 bits per heavy atom. The van der Waals surface area contributed by atoms with Gasteiger partial charge < -0.3 is 15.5 Å². The maximum Gasteiger partial charge on any atom is 0.313 e. The topological polar surface area (TPSA) is 61.4 Å². The number of carbonyl (C=O) groups is 2. The predicted octanol–water partition coefficient (Wildman–Crippen LogP) is 2.14. The van der Waals surface area contributed by atoms with E-state index in [4.69, 9.17) is 0 Å². The highest BCUT2D eigenvalue weighted by Crippen LogP contribution is 2.21. The van der Waals surface area contributed by atoms with Gasteiger partial charge in [0.05, 0.1) is 0 Å². The average Bonchev–Trinajstić information content (AvgIpc) is 2.54. The van der Waals surface area contributed by atoms with Gasteiger partial charge in [-0.15, -0.1) is 0 Å². The maximum absolute atomic E-state index is 11.7. The van der Waals surface area contributed by atoms with Gasteiger partial charge in [-0.05, 0) is 49.9 Å². The molecule has 5 nitrogen and oxygen atoms in total. The van der Waals surface area contributed by atoms with Crippen LogP contribution in [0.4, 0.5) is 11.4 Å². The summed E-state index contributed by atoms with van der Waals surface area (Å²) < 4.78 is 0. The molecule has 2 amide bonds. The van der Waals surface area contributed by atoms with Crippen LogP contribution in [-0.4, -0.2) is 31.4 Å². The van der Waals surface area contributed by atoms with E-state index in [0.717, 1.165) is 19.5 Å². The van der Waals surface area contributed by atoms with Crippen LogP contribution < -0.4 is 15.5 Å². The van der Waals surface area contributed by atoms with Crippen LogP contribution in [0.1, 0.15) is 32.6 Å². The Morgan fingerprint density at radius 2 is 1.71 bits per heavy atom. The van der Waals surface area contributed by atoms with Gasteiger partial charge in [0.25, 0.3) is 0 Å². The molecule has 2 N–H and O–H groups in total. The molecule has 1 fully saturated rings. The molecule has 0 atom stereocenters. The number of piperidine rings is 1. The van der Waals surface area contributed by atoms with Gasteiger partial charge in [-0.3, -0.25) is 9.59 Å². The molecule has 1 aliphatic heterocycles. The van der Waals surface area contributed by atoms with Gasteiger partial charge in [-0.1, -0.05) is 6.92 Å². The van der Waals surface area contributed by atoms with E-state index in [1.54, 1.807) is 0 Å². The SMILES string of the molecule is CCCNC(=O)C(=O)Nc1ccc(N2CCCCC2)cc1. The molecule has 0 aliphatic carbocycles. The molecule has 0 saturated carbocycles. The monoisotopic (exact) mass is 289 g/mol. The molecule has 5 heteroatoms. The van der Waals surface area contributed by atoms with Gasteiger partial charge in [-0.2, -0.15) is 0 Å². The highest BCUT2D eigenvalue weighted by atomic mass is 16.2. The Labute approximate surface area is 125 Å². The predicted molar refractivity (Wildman–Crippen MR) is 84.4 cm³/mol. The summed E-state index contributed by atoms with van der Waals surface area (Å²) in [5, 5.41) is 5.17. The number of amides is 2. The third kappa shape index (κ3) is 4.48. The van der Waals surface area contributed by atoms with Crippen molar-refractivity contribution in [2.75, 3.05) is 29.9 Å². The van der Waals surface area contributed by atoms with E-state index >= 15 is 0 Å². The van der Waals surface area contributed by atoms with E-state index in [1.807, 2.05) is 31.2 Å². The molecule has 1 aromatic carbocycles. The zero-order valence-corrected chi connectivity index (χ0v) is 12.5. The van der Waals surface area contributed by atoms with Crippen molar-refractivity contribution in [2.45, 2.75) is 32.6 Å². The van der Waals surface area contributed by atoms with Crippen molar-refractivity contribution in [2.24, 2.45) is 0 Å². The fourth-order valence-corrected chi connectivity index (χ4v) is 2.41. The summed E-state index contributed by atoms with van der Waals surface area (Å²) in [6, 6.07) is 7.67. The zero-order valence-electron chi connectivity index (χ0n) is 12.5. The average molecular weight is 289 g/mol. The van der Waals surface area contributed by atoms with Crippen LogP contribution >= 0.6 is 0 Å². The lowest BCUT2D eigenvalue weighted by Crippen LogP contribution is -2.35. The molecule has 1 aliphatic rings. The van der Waals surface area contributed by atoms with E-state index in [1.165, 1.54) is 24.9 Å². The third-order valence-corrected chi connectivity index (χ3v) is 3.59. The van der Waals surface area contributed by atoms with Gasteiger partial charge >= 0.3 is 11.8 Å². The van der Waals surface area contributed by atoms with Gasteiger partial charge in [0.2, 0.25) is 0 Å². The lowest BCUT2D eigenvalue weighted by atomic mass is 10.1. The quantitative estimate of drug-likeness (QED) is 0.835. The number of hydrogen-bond acceptors (Lipinski definition) is 3. The second kappa shape index (κ2) is 7.67. The molecular weight excluding hydrogens is 266 g/mol. The van der Waals surface area contributed by atoms with Crippen molar-refractivity contribution in [1.82, 2.24) is 5.32 Å². The lowest BCUT2D eigenvalue weighted by Gasteiger charge is -2.28. The second-order valence-electron chi connectivity index (χ2n) is 5.30. The Morgan fingerprint density at radius 3 is 2.33 bits per heavy atom. The summed E-state index contributed by atoms with van der Waals surface area (Å²) >= 11 is 0. The molecule has 21 heavy (non-hydrogen) atoms. The maximum atomic E-state index is 11.7. The van der Waals surface area contributed by atoms with Crippen LogP contribution in [0.2, 0.25) is 0 Å². The van der Waals surface area contributed by atoms with E-state index in [2.05, 4.69) is 15.5 Å². The molecular formula is C16H23N3O2. The van der Waals surface area contributed by atoms with Crippen LogP contribution in [0.15, 0.2) is 24.3 Å². The van der Waals surface area contributed by atoms with Crippen molar-refractivity contribution < 1.29 is 9.59 Å². The molecule has 1 heterocycles. The fraction of sp³-hybridized carbons (Fsp3) is 0.500. The van der Waals surface area contributed by atoms with Crippen molar-refractivity contribution in [1.29, 1.82) is 0 Å². The summed E-state index contributed by atoms with van der Waals surface area (Å²) in [6.45, 7) is 4.63. The minimum absolute atomic E-state index is 0.514. The highest BCUT2D eigenvalue weighted by Gasteiger charge is 2.14. The molecule has 114 valence electrons. The molecule has 0 bridgehead atoms. The van der Waals surface area contributed by atoms with Crippen LogP contribution in [0, 0.1) is 0 Å². The summed E-state index contributed by atoms with van der Waals surface area (Å²) in [7, 11) is 0. The van der Waals surface area contributed by atoms with Crippen LogP contribution in [0.3, 0.4) is 0 Å². The summed E-state index contributed by atoms with van der Waals surface area (Å²) in [5.41, 5.74) is 1.82. The Bertz CT molecular complexity index is 479. The Balaban J connectivity index is 1.89. The number of benzene rings is 1. The minimum Gasteiger partial charge on any atom is -0.372 e. The first-order chi connectivity index (χ1) is 10.2. The lowest BCUT2D eigenvalue weighted by molar-refractivity contribution is -0.136. The first kappa shape index (κ1) is 15.4. The van der Waals surface area contributed by atoms with E-state index < -0.39 is 11.8 Å². The molecule has 0 unspecified atom stereocenters. The van der Waals surface area contributed by atoms with Gasteiger partial charge in [0.1, 0.15) is 0 Å². The molecule has 0 spiro atoms. The van der Waals surface area contributed by atoms with E-state index in [0.29, 0.717) is 12.2 Å². The van der Waals surface area contributed by atoms with E-state index in [-0.39, 0.29) is 0 Å². The Hall–Kier alpha value is -2.04. The first-order valence-corrected chi connectivity index (χ1v) is 7.65. The fourth-order valence-electron chi connectivity index (χ4n) is 2.41. The van der Waals surface area contributed by atoms with Gasteiger partial charge in [0.15, 0.2) is 0 Å². The number of rotatable bonds is 4. The standard InChI is InChI=1S/C16H23N3O2/c1-2-10-17-15(20)16(21)18-13-6-8-14(9-7-13)19-11-4-3-5-12-19/h6-9H,2-5,10-12H2,1H3,(H,17,20)(H,18,21). The number of anilines is 2. The number of nitrogens with zero attached hydrogens (tertiary/aromatic N) is 1. The molecule has 2 rings (SSSR count). The normalized spacial score (nSPS) is 14.6. The molecule has 1 aromatic rings. The van der Waals surface area contributed by atoms with Crippen molar-refractivity contribution >= 4 is 23.2 Å². The first-order valence-electron chi connectivity index (χ1n) is 7.65. The minimum atomic E-state index is -0.617. The van der Waals surface area contributed by atoms with Crippen molar-refractivity contribution in [3.8, 4) is 0 Å². The van der Waals surface area contributed by atoms with Crippen molar-refractivity contribution in [3.05, 3.63) is 24.3 Å². The largest absolute Gasteiger partial charge is 0.372 e. The third-order valence-electron chi connectivity index (χ3n) is 3.59. The highest BCUT2D eigenvalue weighted by molar-refractivity contribution is 6.39. The van der Waals surface area contributed by atoms with E-state index in [9.17, 15) is 9.59 Å². The van der Waals surface area contributed by atoms with Crippen molar-refractivity contribution in [3.63, 3.8) is 0 Å². The van der Waals surface area contributed by atoms with Gasteiger partial charge in [-0.25, -0.2) is 0 Å². The number of carbonyl (C=O) groups excluding carboxylic acids is 2. The molecule has 0 aromatic heterocycles.